The molecule has 2 nitrogen and oxygen atoms in total. The zero-order valence-electron chi connectivity index (χ0n) is 6.55. The maximum atomic E-state index is 11.0. The molecule has 10 heavy (non-hydrogen) atoms. The Morgan fingerprint density at radius 2 is 2.20 bits per heavy atom. The van der Waals surface area contributed by atoms with Gasteiger partial charge in [0.15, 0.2) is 5.78 Å². The molecule has 0 unspecified atom stereocenters. The molecular formula is C8H14O2. The van der Waals surface area contributed by atoms with Crippen molar-refractivity contribution in [1.29, 1.82) is 0 Å². The Morgan fingerprint density at radius 1 is 1.60 bits per heavy atom. The van der Waals surface area contributed by atoms with Gasteiger partial charge in [-0.25, -0.2) is 0 Å². The van der Waals surface area contributed by atoms with E-state index in [1.165, 1.54) is 0 Å². The van der Waals surface area contributed by atoms with Crippen molar-refractivity contribution in [3.8, 4) is 0 Å². The Labute approximate surface area is 61.6 Å². The van der Waals surface area contributed by atoms with Crippen LogP contribution in [0.5, 0.6) is 0 Å². The molecule has 0 aliphatic carbocycles. The summed E-state index contributed by atoms with van der Waals surface area (Å²) in [6.45, 7) is 3.73. The number of aliphatic hydroxyl groups is 1. The van der Waals surface area contributed by atoms with Gasteiger partial charge in [0.05, 0.1) is 0 Å². The fourth-order valence-electron chi connectivity index (χ4n) is 0.598. The number of hydrogen-bond donors (Lipinski definition) is 1. The predicted octanol–water partition coefficient (Wildman–Crippen LogP) is 1.29. The van der Waals surface area contributed by atoms with Crippen molar-refractivity contribution in [2.45, 2.75) is 26.7 Å². The summed E-state index contributed by atoms with van der Waals surface area (Å²) >= 11 is 0. The molecule has 0 aromatic carbocycles. The van der Waals surface area contributed by atoms with Gasteiger partial charge >= 0.3 is 0 Å². The normalized spacial score (nSPS) is 11.7. The van der Waals surface area contributed by atoms with E-state index in [-0.39, 0.29) is 12.4 Å². The molecule has 0 aliphatic heterocycles. The van der Waals surface area contributed by atoms with Crippen LogP contribution in [0.1, 0.15) is 26.7 Å². The molecule has 0 bridgehead atoms. The monoisotopic (exact) mass is 142 g/mol. The van der Waals surface area contributed by atoms with Gasteiger partial charge in [-0.1, -0.05) is 6.08 Å². The molecular weight excluding hydrogens is 128 g/mol. The minimum atomic E-state index is 0.0999. The van der Waals surface area contributed by atoms with Gasteiger partial charge in [-0.3, -0.25) is 4.79 Å². The minimum absolute atomic E-state index is 0.0999. The van der Waals surface area contributed by atoms with E-state index >= 15 is 0 Å². The number of Topliss-reactive ketones (excluding diaryl/α,β-unsaturated/α-hetero) is 1. The largest absolute Gasteiger partial charge is 0.396 e. The molecule has 0 atom stereocenters. The molecule has 0 aromatic rings. The predicted molar refractivity (Wildman–Crippen MR) is 40.8 cm³/mol. The second-order valence-electron chi connectivity index (χ2n) is 2.22. The minimum Gasteiger partial charge on any atom is -0.396 e. The number of carbonyl (C=O) groups excluding carboxylic acids is 1. The van der Waals surface area contributed by atoms with Gasteiger partial charge in [0, 0.05) is 13.0 Å². The summed E-state index contributed by atoms with van der Waals surface area (Å²) in [6, 6.07) is 0. The van der Waals surface area contributed by atoms with Crippen molar-refractivity contribution in [1.82, 2.24) is 0 Å². The first-order chi connectivity index (χ1) is 4.72. The number of ketones is 1. The lowest BCUT2D eigenvalue weighted by Gasteiger charge is -1.96. The van der Waals surface area contributed by atoms with Gasteiger partial charge < -0.3 is 5.11 Å². The van der Waals surface area contributed by atoms with Crippen molar-refractivity contribution in [2.24, 2.45) is 0 Å². The molecule has 0 fully saturated rings. The lowest BCUT2D eigenvalue weighted by molar-refractivity contribution is -0.115. The van der Waals surface area contributed by atoms with E-state index in [1.807, 2.05) is 6.92 Å². The molecule has 0 saturated carbocycles. The number of rotatable bonds is 4. The van der Waals surface area contributed by atoms with Crippen molar-refractivity contribution in [3.05, 3.63) is 11.6 Å². The van der Waals surface area contributed by atoms with Crippen molar-refractivity contribution in [3.63, 3.8) is 0 Å². The standard InChI is InChI=1S/C8H14O2/c1-3-7(2)8(10)5-4-6-9/h3,9H,4-6H2,1-2H3. The molecule has 2 heteroatoms. The van der Waals surface area contributed by atoms with Gasteiger partial charge in [-0.2, -0.15) is 0 Å². The molecule has 0 aromatic heterocycles. The molecule has 0 rings (SSSR count). The highest BCUT2D eigenvalue weighted by molar-refractivity contribution is 5.94. The van der Waals surface area contributed by atoms with E-state index < -0.39 is 0 Å². The van der Waals surface area contributed by atoms with E-state index in [0.717, 1.165) is 5.57 Å². The summed E-state index contributed by atoms with van der Waals surface area (Å²) in [4.78, 5) is 11.0. The molecule has 0 aliphatic rings. The third kappa shape index (κ3) is 3.41. The van der Waals surface area contributed by atoms with Crippen molar-refractivity contribution < 1.29 is 9.90 Å². The summed E-state index contributed by atoms with van der Waals surface area (Å²) in [7, 11) is 0. The highest BCUT2D eigenvalue weighted by Gasteiger charge is 2.00. The van der Waals surface area contributed by atoms with Crippen molar-refractivity contribution in [2.75, 3.05) is 6.61 Å². The fourth-order valence-corrected chi connectivity index (χ4v) is 0.598. The summed E-state index contributed by atoms with van der Waals surface area (Å²) in [6.07, 6.45) is 2.83. The van der Waals surface area contributed by atoms with Gasteiger partial charge in [-0.15, -0.1) is 0 Å². The lowest BCUT2D eigenvalue weighted by Crippen LogP contribution is -2.00. The Balaban J connectivity index is 3.63. The molecule has 0 amide bonds. The van der Waals surface area contributed by atoms with Crippen LogP contribution in [-0.2, 0) is 4.79 Å². The van der Waals surface area contributed by atoms with Crippen LogP contribution in [0.4, 0.5) is 0 Å². The van der Waals surface area contributed by atoms with E-state index in [2.05, 4.69) is 0 Å². The first kappa shape index (κ1) is 9.37. The van der Waals surface area contributed by atoms with Crippen LogP contribution < -0.4 is 0 Å². The third-order valence-corrected chi connectivity index (χ3v) is 1.43. The average Bonchev–Trinajstić information content (AvgIpc) is 1.98. The summed E-state index contributed by atoms with van der Waals surface area (Å²) in [5.74, 6) is 0.136. The molecule has 0 radical (unpaired) electrons. The van der Waals surface area contributed by atoms with Crippen LogP contribution in [-0.4, -0.2) is 17.5 Å². The second-order valence-corrected chi connectivity index (χ2v) is 2.22. The highest BCUT2D eigenvalue weighted by atomic mass is 16.3. The summed E-state index contributed by atoms with van der Waals surface area (Å²) in [5, 5.41) is 8.40. The third-order valence-electron chi connectivity index (χ3n) is 1.43. The Bertz CT molecular complexity index is 136. The number of hydrogen-bond acceptors (Lipinski definition) is 2. The Kier molecular flexibility index (Phi) is 4.85. The number of carbonyl (C=O) groups is 1. The van der Waals surface area contributed by atoms with Crippen LogP contribution in [0.25, 0.3) is 0 Å². The maximum absolute atomic E-state index is 11.0. The maximum Gasteiger partial charge on any atom is 0.158 e. The molecule has 0 spiro atoms. The van der Waals surface area contributed by atoms with Gasteiger partial charge in [0.1, 0.15) is 0 Å². The molecule has 0 heterocycles. The Hall–Kier alpha value is -0.630. The molecule has 58 valence electrons. The second kappa shape index (κ2) is 5.18. The zero-order valence-corrected chi connectivity index (χ0v) is 6.55. The first-order valence-corrected chi connectivity index (χ1v) is 3.49. The van der Waals surface area contributed by atoms with Crippen LogP contribution >= 0.6 is 0 Å². The van der Waals surface area contributed by atoms with Crippen LogP contribution in [0.2, 0.25) is 0 Å². The summed E-state index contributed by atoms with van der Waals surface area (Å²) in [5.41, 5.74) is 0.786. The van der Waals surface area contributed by atoms with E-state index in [0.29, 0.717) is 12.8 Å². The van der Waals surface area contributed by atoms with Crippen molar-refractivity contribution >= 4 is 5.78 Å². The van der Waals surface area contributed by atoms with E-state index in [4.69, 9.17) is 5.11 Å². The van der Waals surface area contributed by atoms with E-state index in [9.17, 15) is 4.79 Å². The van der Waals surface area contributed by atoms with Crippen LogP contribution in [0.3, 0.4) is 0 Å². The topological polar surface area (TPSA) is 37.3 Å². The first-order valence-electron chi connectivity index (χ1n) is 3.49. The molecule has 1 N–H and O–H groups in total. The zero-order chi connectivity index (χ0) is 7.98. The summed E-state index contributed by atoms with van der Waals surface area (Å²) < 4.78 is 0. The van der Waals surface area contributed by atoms with Gasteiger partial charge in [0.2, 0.25) is 0 Å². The number of aliphatic hydroxyl groups excluding tert-OH is 1. The lowest BCUT2D eigenvalue weighted by atomic mass is 10.1. The fraction of sp³-hybridized carbons (Fsp3) is 0.625. The van der Waals surface area contributed by atoms with Gasteiger partial charge in [0.25, 0.3) is 0 Å². The Morgan fingerprint density at radius 3 is 2.60 bits per heavy atom. The van der Waals surface area contributed by atoms with Crippen LogP contribution in [0, 0.1) is 0 Å². The SMILES string of the molecule is CC=C(C)C(=O)CCCO. The quantitative estimate of drug-likeness (QED) is 0.600. The van der Waals surface area contributed by atoms with E-state index in [1.54, 1.807) is 13.0 Å². The smallest absolute Gasteiger partial charge is 0.158 e. The number of allylic oxidation sites excluding steroid dienone is 2. The van der Waals surface area contributed by atoms with Crippen LogP contribution in [0.15, 0.2) is 11.6 Å². The highest BCUT2D eigenvalue weighted by Crippen LogP contribution is 2.00. The average molecular weight is 142 g/mol. The molecule has 0 saturated heterocycles. The van der Waals surface area contributed by atoms with Gasteiger partial charge in [-0.05, 0) is 25.8 Å².